The summed E-state index contributed by atoms with van der Waals surface area (Å²) in [5, 5.41) is 14.8. The van der Waals surface area contributed by atoms with Crippen LogP contribution in [0.3, 0.4) is 0 Å². The maximum atomic E-state index is 5.33. The second-order valence-electron chi connectivity index (χ2n) is 2.93. The van der Waals surface area contributed by atoms with E-state index in [4.69, 9.17) is 4.74 Å². The molecule has 0 radical (unpaired) electrons. The minimum absolute atomic E-state index is 0.142. The van der Waals surface area contributed by atoms with Gasteiger partial charge in [0.15, 0.2) is 5.82 Å². The highest BCUT2D eigenvalue weighted by Crippen LogP contribution is 2.11. The Hall–Kier alpha value is -1.01. The third kappa shape index (κ3) is 1.68. The van der Waals surface area contributed by atoms with Gasteiger partial charge in [0.2, 0.25) is 0 Å². The first-order chi connectivity index (χ1) is 6.42. The second kappa shape index (κ2) is 3.80. The molecule has 13 heavy (non-hydrogen) atoms. The van der Waals surface area contributed by atoms with E-state index >= 15 is 0 Å². The quantitative estimate of drug-likeness (QED) is 0.660. The summed E-state index contributed by atoms with van der Waals surface area (Å²) in [5.41, 5.74) is 0. The summed E-state index contributed by atoms with van der Waals surface area (Å²) in [6.07, 6.45) is 0. The standard InChI is InChI=1S/C7H13N5O/c1-2-12-7(9-10-11-12)6-5-13-4-3-8-6/h6,8H,2-5H2,1H3. The molecule has 0 amide bonds. The number of nitrogens with one attached hydrogen (secondary N) is 1. The van der Waals surface area contributed by atoms with E-state index in [2.05, 4.69) is 20.8 Å². The maximum absolute atomic E-state index is 5.33. The van der Waals surface area contributed by atoms with Crippen molar-refractivity contribution < 1.29 is 4.74 Å². The minimum atomic E-state index is 0.142. The Morgan fingerprint density at radius 2 is 2.62 bits per heavy atom. The van der Waals surface area contributed by atoms with Gasteiger partial charge in [-0.25, -0.2) is 4.68 Å². The third-order valence-corrected chi connectivity index (χ3v) is 2.09. The van der Waals surface area contributed by atoms with Gasteiger partial charge in [-0.15, -0.1) is 5.10 Å². The van der Waals surface area contributed by atoms with Crippen LogP contribution in [0.4, 0.5) is 0 Å². The molecule has 1 saturated heterocycles. The van der Waals surface area contributed by atoms with Crippen molar-refractivity contribution in [2.45, 2.75) is 19.5 Å². The Kier molecular flexibility index (Phi) is 2.51. The largest absolute Gasteiger partial charge is 0.378 e. The third-order valence-electron chi connectivity index (χ3n) is 2.09. The molecule has 0 spiro atoms. The van der Waals surface area contributed by atoms with Gasteiger partial charge in [0, 0.05) is 13.1 Å². The van der Waals surface area contributed by atoms with Crippen molar-refractivity contribution in [3.63, 3.8) is 0 Å². The average molecular weight is 183 g/mol. The molecule has 0 aliphatic carbocycles. The molecule has 1 aliphatic heterocycles. The number of tetrazole rings is 1. The highest BCUT2D eigenvalue weighted by molar-refractivity contribution is 4.93. The summed E-state index contributed by atoms with van der Waals surface area (Å²) >= 11 is 0. The first-order valence-electron chi connectivity index (χ1n) is 4.49. The summed E-state index contributed by atoms with van der Waals surface area (Å²) in [7, 11) is 0. The number of nitrogens with zero attached hydrogens (tertiary/aromatic N) is 4. The van der Waals surface area contributed by atoms with Crippen molar-refractivity contribution in [2.75, 3.05) is 19.8 Å². The fraction of sp³-hybridized carbons (Fsp3) is 0.857. The summed E-state index contributed by atoms with van der Waals surface area (Å²) in [4.78, 5) is 0. The van der Waals surface area contributed by atoms with Gasteiger partial charge in [0.1, 0.15) is 0 Å². The molecule has 1 aromatic heterocycles. The molecule has 72 valence electrons. The number of ether oxygens (including phenoxy) is 1. The number of hydrogen-bond donors (Lipinski definition) is 1. The van der Waals surface area contributed by atoms with E-state index in [9.17, 15) is 0 Å². The molecule has 0 bridgehead atoms. The predicted octanol–water partition coefficient (Wildman–Crippen LogP) is -0.646. The van der Waals surface area contributed by atoms with Crippen LogP contribution in [0.2, 0.25) is 0 Å². The predicted molar refractivity (Wildman–Crippen MR) is 45.1 cm³/mol. The molecule has 1 fully saturated rings. The second-order valence-corrected chi connectivity index (χ2v) is 2.93. The minimum Gasteiger partial charge on any atom is -0.378 e. The number of morpholine rings is 1. The molecule has 6 heteroatoms. The topological polar surface area (TPSA) is 64.9 Å². The molecule has 1 aliphatic rings. The lowest BCUT2D eigenvalue weighted by atomic mass is 10.2. The fourth-order valence-corrected chi connectivity index (χ4v) is 1.42. The first kappa shape index (κ1) is 8.58. The molecule has 6 nitrogen and oxygen atoms in total. The zero-order valence-corrected chi connectivity index (χ0v) is 7.60. The lowest BCUT2D eigenvalue weighted by Crippen LogP contribution is -2.36. The van der Waals surface area contributed by atoms with Crippen LogP contribution in [-0.2, 0) is 11.3 Å². The summed E-state index contributed by atoms with van der Waals surface area (Å²) in [5.74, 6) is 0.863. The highest BCUT2D eigenvalue weighted by atomic mass is 16.5. The molecular formula is C7H13N5O. The van der Waals surface area contributed by atoms with E-state index in [0.29, 0.717) is 6.61 Å². The lowest BCUT2D eigenvalue weighted by molar-refractivity contribution is 0.0727. The van der Waals surface area contributed by atoms with Crippen LogP contribution in [0, 0.1) is 0 Å². The van der Waals surface area contributed by atoms with Crippen LogP contribution in [0.1, 0.15) is 18.8 Å². The maximum Gasteiger partial charge on any atom is 0.170 e. The van der Waals surface area contributed by atoms with Crippen LogP contribution in [0.5, 0.6) is 0 Å². The molecule has 1 N–H and O–H groups in total. The molecule has 2 heterocycles. The van der Waals surface area contributed by atoms with Crippen molar-refractivity contribution in [3.8, 4) is 0 Å². The van der Waals surface area contributed by atoms with Crippen molar-refractivity contribution in [3.05, 3.63) is 5.82 Å². The van der Waals surface area contributed by atoms with Crippen LogP contribution in [0.25, 0.3) is 0 Å². The Morgan fingerprint density at radius 3 is 3.31 bits per heavy atom. The van der Waals surface area contributed by atoms with Crippen molar-refractivity contribution in [2.24, 2.45) is 0 Å². The molecule has 0 aromatic carbocycles. The zero-order valence-electron chi connectivity index (χ0n) is 7.60. The van der Waals surface area contributed by atoms with Crippen LogP contribution < -0.4 is 5.32 Å². The molecular weight excluding hydrogens is 170 g/mol. The number of hydrogen-bond acceptors (Lipinski definition) is 5. The van der Waals surface area contributed by atoms with E-state index in [0.717, 1.165) is 25.5 Å². The van der Waals surface area contributed by atoms with Gasteiger partial charge in [0.05, 0.1) is 19.3 Å². The molecule has 2 rings (SSSR count). The van der Waals surface area contributed by atoms with Gasteiger partial charge in [-0.1, -0.05) is 0 Å². The van der Waals surface area contributed by atoms with Crippen molar-refractivity contribution in [1.29, 1.82) is 0 Å². The lowest BCUT2D eigenvalue weighted by Gasteiger charge is -2.22. The monoisotopic (exact) mass is 183 g/mol. The van der Waals surface area contributed by atoms with Crippen LogP contribution in [0.15, 0.2) is 0 Å². The van der Waals surface area contributed by atoms with Gasteiger partial charge >= 0.3 is 0 Å². The normalized spacial score (nSPS) is 23.3. The molecule has 1 unspecified atom stereocenters. The van der Waals surface area contributed by atoms with E-state index in [1.807, 2.05) is 6.92 Å². The van der Waals surface area contributed by atoms with E-state index in [1.54, 1.807) is 4.68 Å². The zero-order chi connectivity index (χ0) is 9.10. The van der Waals surface area contributed by atoms with Crippen LogP contribution in [-0.4, -0.2) is 40.0 Å². The van der Waals surface area contributed by atoms with Crippen molar-refractivity contribution in [1.82, 2.24) is 25.5 Å². The summed E-state index contributed by atoms with van der Waals surface area (Å²) in [6.45, 7) is 5.09. The van der Waals surface area contributed by atoms with Gasteiger partial charge in [-0.3, -0.25) is 0 Å². The van der Waals surface area contributed by atoms with Crippen LogP contribution >= 0.6 is 0 Å². The average Bonchev–Trinajstić information content (AvgIpc) is 2.67. The molecule has 1 aromatic rings. The Labute approximate surface area is 76.3 Å². The first-order valence-corrected chi connectivity index (χ1v) is 4.49. The van der Waals surface area contributed by atoms with Gasteiger partial charge in [-0.2, -0.15) is 0 Å². The number of rotatable bonds is 2. The van der Waals surface area contributed by atoms with E-state index in [-0.39, 0.29) is 6.04 Å². The van der Waals surface area contributed by atoms with Gasteiger partial charge < -0.3 is 10.1 Å². The number of aryl methyl sites for hydroxylation is 1. The molecule has 0 saturated carbocycles. The summed E-state index contributed by atoms with van der Waals surface area (Å²) in [6, 6.07) is 0.142. The Morgan fingerprint density at radius 1 is 1.69 bits per heavy atom. The van der Waals surface area contributed by atoms with Gasteiger partial charge in [0.25, 0.3) is 0 Å². The summed E-state index contributed by atoms with van der Waals surface area (Å²) < 4.78 is 7.12. The Bertz CT molecular complexity index is 268. The SMILES string of the molecule is CCn1nnnc1C1COCCN1. The smallest absolute Gasteiger partial charge is 0.170 e. The molecule has 1 atom stereocenters. The van der Waals surface area contributed by atoms with E-state index in [1.165, 1.54) is 0 Å². The number of aromatic nitrogens is 4. The van der Waals surface area contributed by atoms with E-state index < -0.39 is 0 Å². The fourth-order valence-electron chi connectivity index (χ4n) is 1.42. The van der Waals surface area contributed by atoms with Crippen molar-refractivity contribution >= 4 is 0 Å². The highest BCUT2D eigenvalue weighted by Gasteiger charge is 2.20. The Balaban J connectivity index is 2.13. The van der Waals surface area contributed by atoms with Gasteiger partial charge in [-0.05, 0) is 17.4 Å².